The maximum absolute atomic E-state index is 13.5. The van der Waals surface area contributed by atoms with Gasteiger partial charge in [0.1, 0.15) is 11.3 Å². The third-order valence-corrected chi connectivity index (χ3v) is 4.19. The molecule has 8 nitrogen and oxygen atoms in total. The van der Waals surface area contributed by atoms with Gasteiger partial charge in [-0.05, 0) is 36.4 Å². The molecular weight excluding hydrogens is 403 g/mol. The number of benzene rings is 2. The van der Waals surface area contributed by atoms with Gasteiger partial charge in [0, 0.05) is 36.8 Å². The molecule has 0 aliphatic carbocycles. The lowest BCUT2D eigenvalue weighted by Gasteiger charge is -2.22. The van der Waals surface area contributed by atoms with E-state index >= 15 is 0 Å². The van der Waals surface area contributed by atoms with Crippen molar-refractivity contribution >= 4 is 28.8 Å². The predicted octanol–water partition coefficient (Wildman–Crippen LogP) is 4.92. The highest BCUT2D eigenvalue weighted by atomic mass is 19.4. The molecule has 0 spiro atoms. The van der Waals surface area contributed by atoms with Gasteiger partial charge in [0.15, 0.2) is 5.82 Å². The fourth-order valence-electron chi connectivity index (χ4n) is 2.61. The number of halogens is 3. The van der Waals surface area contributed by atoms with E-state index in [2.05, 4.69) is 15.3 Å². The summed E-state index contributed by atoms with van der Waals surface area (Å²) in [5, 5.41) is 13.6. The Kier molecular flexibility index (Phi) is 5.72. The van der Waals surface area contributed by atoms with Crippen LogP contribution < -0.4 is 15.0 Å². The van der Waals surface area contributed by atoms with E-state index in [1.54, 1.807) is 24.3 Å². The number of nitro groups is 1. The molecule has 0 bridgehead atoms. The first-order valence-corrected chi connectivity index (χ1v) is 8.52. The lowest BCUT2D eigenvalue weighted by Crippen LogP contribution is -2.19. The number of rotatable bonds is 6. The number of hydrogen-bond acceptors (Lipinski definition) is 7. The molecule has 0 fully saturated rings. The molecule has 3 aromatic rings. The Morgan fingerprint density at radius 1 is 1.10 bits per heavy atom. The molecule has 0 aliphatic rings. The number of aromatic nitrogens is 2. The summed E-state index contributed by atoms with van der Waals surface area (Å²) in [5.41, 5.74) is -0.365. The number of alkyl halides is 3. The van der Waals surface area contributed by atoms with E-state index < -0.39 is 22.5 Å². The number of hydrogen-bond donors (Lipinski definition) is 1. The summed E-state index contributed by atoms with van der Waals surface area (Å²) in [5.74, 6) is 0.173. The van der Waals surface area contributed by atoms with Crippen molar-refractivity contribution in [1.29, 1.82) is 0 Å². The van der Waals surface area contributed by atoms with E-state index in [0.29, 0.717) is 23.3 Å². The summed E-state index contributed by atoms with van der Waals surface area (Å²) in [4.78, 5) is 19.2. The monoisotopic (exact) mass is 419 g/mol. The Balaban J connectivity index is 1.97. The van der Waals surface area contributed by atoms with Crippen LogP contribution in [-0.4, -0.2) is 29.0 Å². The summed E-state index contributed by atoms with van der Waals surface area (Å²) in [6.45, 7) is 0. The third kappa shape index (κ3) is 4.57. The molecule has 0 amide bonds. The largest absolute Gasteiger partial charge is 0.497 e. The van der Waals surface area contributed by atoms with Crippen LogP contribution in [0.25, 0.3) is 0 Å². The van der Waals surface area contributed by atoms with Crippen molar-refractivity contribution in [3.05, 3.63) is 70.4 Å². The maximum atomic E-state index is 13.5. The number of methoxy groups -OCH3 is 1. The molecule has 0 saturated carbocycles. The van der Waals surface area contributed by atoms with Gasteiger partial charge in [-0.2, -0.15) is 18.2 Å². The minimum Gasteiger partial charge on any atom is -0.497 e. The van der Waals surface area contributed by atoms with Gasteiger partial charge in [0.05, 0.1) is 12.0 Å². The molecule has 1 heterocycles. The highest BCUT2D eigenvalue weighted by Crippen LogP contribution is 2.38. The minimum atomic E-state index is -4.69. The van der Waals surface area contributed by atoms with Crippen molar-refractivity contribution in [3.8, 4) is 5.75 Å². The Morgan fingerprint density at radius 2 is 1.73 bits per heavy atom. The van der Waals surface area contributed by atoms with Gasteiger partial charge < -0.3 is 15.0 Å². The van der Waals surface area contributed by atoms with Crippen molar-refractivity contribution in [2.24, 2.45) is 0 Å². The molecular formula is C19H16F3N5O3. The van der Waals surface area contributed by atoms with E-state index in [9.17, 15) is 23.3 Å². The molecule has 2 aromatic carbocycles. The lowest BCUT2D eigenvalue weighted by molar-refractivity contribution is -0.384. The molecule has 11 heteroatoms. The second-order valence-electron chi connectivity index (χ2n) is 6.11. The zero-order valence-electron chi connectivity index (χ0n) is 15.8. The molecule has 0 aliphatic heterocycles. The average Bonchev–Trinajstić information content (AvgIpc) is 2.73. The van der Waals surface area contributed by atoms with Gasteiger partial charge in [0.25, 0.3) is 5.69 Å². The number of non-ortho nitro benzene ring substituents is 1. The molecule has 30 heavy (non-hydrogen) atoms. The highest BCUT2D eigenvalue weighted by molar-refractivity contribution is 5.66. The molecule has 0 unspecified atom stereocenters. The number of nitrogens with zero attached hydrogens (tertiary/aromatic N) is 4. The fraction of sp³-hybridized carbons (Fsp3) is 0.158. The third-order valence-electron chi connectivity index (χ3n) is 4.19. The predicted molar refractivity (Wildman–Crippen MR) is 104 cm³/mol. The quantitative estimate of drug-likeness (QED) is 0.448. The van der Waals surface area contributed by atoms with Crippen molar-refractivity contribution < 1.29 is 22.8 Å². The Bertz CT molecular complexity index is 1040. The van der Waals surface area contributed by atoms with Crippen molar-refractivity contribution in [2.45, 2.75) is 6.18 Å². The molecule has 1 aromatic heterocycles. The van der Waals surface area contributed by atoms with Gasteiger partial charge in [-0.25, -0.2) is 4.98 Å². The van der Waals surface area contributed by atoms with E-state index in [-0.39, 0.29) is 11.6 Å². The fourth-order valence-corrected chi connectivity index (χ4v) is 2.61. The number of ether oxygens (including phenoxy) is 1. The minimum absolute atomic E-state index is 0.0445. The van der Waals surface area contributed by atoms with Gasteiger partial charge in [-0.3, -0.25) is 10.1 Å². The van der Waals surface area contributed by atoms with Crippen LogP contribution in [0.3, 0.4) is 0 Å². The zero-order chi connectivity index (χ0) is 21.9. The molecule has 156 valence electrons. The van der Waals surface area contributed by atoms with Crippen LogP contribution in [0.4, 0.5) is 42.0 Å². The van der Waals surface area contributed by atoms with Gasteiger partial charge in [-0.15, -0.1) is 0 Å². The van der Waals surface area contributed by atoms with Crippen LogP contribution in [-0.2, 0) is 6.18 Å². The summed E-state index contributed by atoms with van der Waals surface area (Å²) < 4.78 is 45.6. The van der Waals surface area contributed by atoms with E-state index in [1.807, 2.05) is 0 Å². The van der Waals surface area contributed by atoms with Crippen LogP contribution >= 0.6 is 0 Å². The number of anilines is 4. The summed E-state index contributed by atoms with van der Waals surface area (Å²) >= 11 is 0. The van der Waals surface area contributed by atoms with Crippen LogP contribution in [0.2, 0.25) is 0 Å². The van der Waals surface area contributed by atoms with Crippen molar-refractivity contribution in [1.82, 2.24) is 9.97 Å². The van der Waals surface area contributed by atoms with Gasteiger partial charge in [-0.1, -0.05) is 0 Å². The normalized spacial score (nSPS) is 11.1. The standard InChI is InChI=1S/C19H16F3N5O3/c1-26(13-5-7-14(8-6-13)27(28)29)17-16(19(20,21)22)11-23-18(25-17)24-12-3-9-15(30-2)10-4-12/h3-11H,1-2H3,(H,23,24,25). The zero-order valence-corrected chi connectivity index (χ0v) is 15.8. The molecule has 1 N–H and O–H groups in total. The lowest BCUT2D eigenvalue weighted by atomic mass is 10.2. The second-order valence-corrected chi connectivity index (χ2v) is 6.11. The van der Waals surface area contributed by atoms with Gasteiger partial charge >= 0.3 is 6.18 Å². The SMILES string of the molecule is COc1ccc(Nc2ncc(C(F)(F)F)c(N(C)c3ccc([N+](=O)[O-])cc3)n2)cc1. The first-order valence-electron chi connectivity index (χ1n) is 8.52. The van der Waals surface area contributed by atoms with E-state index in [4.69, 9.17) is 4.74 Å². The molecule has 0 atom stereocenters. The van der Waals surface area contributed by atoms with Crippen molar-refractivity contribution in [2.75, 3.05) is 24.4 Å². The first-order chi connectivity index (χ1) is 14.2. The summed E-state index contributed by atoms with van der Waals surface area (Å²) in [6.07, 6.45) is -4.00. The topological polar surface area (TPSA) is 93.4 Å². The summed E-state index contributed by atoms with van der Waals surface area (Å²) in [6, 6.07) is 11.8. The molecule has 0 radical (unpaired) electrons. The average molecular weight is 419 g/mol. The second kappa shape index (κ2) is 8.23. The first kappa shape index (κ1) is 20.8. The Labute approximate surface area is 169 Å². The molecule has 0 saturated heterocycles. The highest BCUT2D eigenvalue weighted by Gasteiger charge is 2.36. The van der Waals surface area contributed by atoms with Crippen LogP contribution in [0, 0.1) is 10.1 Å². The van der Waals surface area contributed by atoms with Crippen LogP contribution in [0.15, 0.2) is 54.7 Å². The number of nitro benzene ring substituents is 1. The smallest absolute Gasteiger partial charge is 0.421 e. The van der Waals surface area contributed by atoms with E-state index in [0.717, 1.165) is 0 Å². The van der Waals surface area contributed by atoms with Gasteiger partial charge in [0.2, 0.25) is 5.95 Å². The Morgan fingerprint density at radius 3 is 2.27 bits per heavy atom. The maximum Gasteiger partial charge on any atom is 0.421 e. The van der Waals surface area contributed by atoms with Crippen molar-refractivity contribution in [3.63, 3.8) is 0 Å². The Hall–Kier alpha value is -3.89. The number of nitrogens with one attached hydrogen (secondary N) is 1. The van der Waals surface area contributed by atoms with E-state index in [1.165, 1.54) is 43.3 Å². The molecule has 3 rings (SSSR count). The summed E-state index contributed by atoms with van der Waals surface area (Å²) in [7, 11) is 2.90. The van der Waals surface area contributed by atoms with Crippen LogP contribution in [0.1, 0.15) is 5.56 Å². The van der Waals surface area contributed by atoms with Crippen LogP contribution in [0.5, 0.6) is 5.75 Å².